The molecule has 7 nitrogen and oxygen atoms in total. The van der Waals surface area contributed by atoms with Crippen LogP contribution in [0.5, 0.6) is 17.2 Å². The first-order valence-corrected chi connectivity index (χ1v) is 10.2. The quantitative estimate of drug-likeness (QED) is 0.345. The second-order valence-electron chi connectivity index (χ2n) is 7.35. The third kappa shape index (κ3) is 3.89. The summed E-state index contributed by atoms with van der Waals surface area (Å²) in [5.74, 6) is -0.197. The van der Waals surface area contributed by atoms with E-state index < -0.39 is 17.7 Å². The number of carbonyl (C=O) groups excluding carboxylic acids is 2. The topological polar surface area (TPSA) is 85.3 Å². The van der Waals surface area contributed by atoms with E-state index in [1.807, 2.05) is 0 Å². The van der Waals surface area contributed by atoms with Crippen LogP contribution in [0, 0.1) is 0 Å². The van der Waals surface area contributed by atoms with Crippen molar-refractivity contribution >= 4 is 23.1 Å². The van der Waals surface area contributed by atoms with Crippen molar-refractivity contribution in [1.29, 1.82) is 0 Å². The zero-order valence-corrected chi connectivity index (χ0v) is 18.4. The molecule has 1 atom stereocenters. The number of carbonyl (C=O) groups is 2. The molecule has 1 aliphatic heterocycles. The SMILES string of the molecule is COc1ccc(N2C(=O)C(=O)C(=C(O)c3ccccc3)C2c2ccc(OC)c(OC)c2)cc1. The molecule has 1 N–H and O–H groups in total. The Morgan fingerprint density at radius 3 is 2.09 bits per heavy atom. The van der Waals surface area contributed by atoms with Gasteiger partial charge in [-0.15, -0.1) is 0 Å². The van der Waals surface area contributed by atoms with Gasteiger partial charge in [0, 0.05) is 11.3 Å². The Hall–Kier alpha value is -4.26. The highest BCUT2D eigenvalue weighted by atomic mass is 16.5. The van der Waals surface area contributed by atoms with Crippen molar-refractivity contribution in [3.05, 3.63) is 89.5 Å². The molecule has 1 heterocycles. The lowest BCUT2D eigenvalue weighted by molar-refractivity contribution is -0.132. The Morgan fingerprint density at radius 2 is 1.48 bits per heavy atom. The molecule has 168 valence electrons. The summed E-state index contributed by atoms with van der Waals surface area (Å²) in [4.78, 5) is 27.8. The summed E-state index contributed by atoms with van der Waals surface area (Å²) in [6.45, 7) is 0. The normalized spacial score (nSPS) is 17.2. The van der Waals surface area contributed by atoms with Crippen molar-refractivity contribution in [3.63, 3.8) is 0 Å². The van der Waals surface area contributed by atoms with Gasteiger partial charge in [0.25, 0.3) is 11.7 Å². The molecule has 0 spiro atoms. The Bertz CT molecular complexity index is 1220. The number of amides is 1. The number of aliphatic hydroxyl groups excluding tert-OH is 1. The molecule has 1 fully saturated rings. The largest absolute Gasteiger partial charge is 0.507 e. The predicted molar refractivity (Wildman–Crippen MR) is 124 cm³/mol. The highest BCUT2D eigenvalue weighted by molar-refractivity contribution is 6.51. The number of methoxy groups -OCH3 is 3. The van der Waals surface area contributed by atoms with Gasteiger partial charge in [-0.2, -0.15) is 0 Å². The smallest absolute Gasteiger partial charge is 0.300 e. The fourth-order valence-corrected chi connectivity index (χ4v) is 3.93. The van der Waals surface area contributed by atoms with E-state index in [2.05, 4.69) is 0 Å². The molecule has 0 bridgehead atoms. The van der Waals surface area contributed by atoms with Gasteiger partial charge in [0.1, 0.15) is 11.5 Å². The van der Waals surface area contributed by atoms with E-state index in [1.54, 1.807) is 79.9 Å². The van der Waals surface area contributed by atoms with Crippen LogP contribution in [0.1, 0.15) is 17.2 Å². The van der Waals surface area contributed by atoms with E-state index in [-0.39, 0.29) is 11.3 Å². The van der Waals surface area contributed by atoms with Crippen LogP contribution < -0.4 is 19.1 Å². The monoisotopic (exact) mass is 445 g/mol. The van der Waals surface area contributed by atoms with E-state index in [0.717, 1.165) is 0 Å². The molecule has 1 saturated heterocycles. The van der Waals surface area contributed by atoms with Gasteiger partial charge in [0.05, 0.1) is 32.9 Å². The molecule has 0 aliphatic carbocycles. The zero-order valence-electron chi connectivity index (χ0n) is 18.4. The van der Waals surface area contributed by atoms with Crippen LogP contribution in [0.4, 0.5) is 5.69 Å². The van der Waals surface area contributed by atoms with E-state index in [9.17, 15) is 14.7 Å². The molecule has 0 radical (unpaired) electrons. The number of Topliss-reactive ketones (excluding diaryl/α,β-unsaturated/α-hetero) is 1. The number of nitrogens with zero attached hydrogens (tertiary/aromatic N) is 1. The molecule has 1 aliphatic rings. The number of benzene rings is 3. The molecule has 4 rings (SSSR count). The van der Waals surface area contributed by atoms with Crippen LogP contribution in [-0.2, 0) is 9.59 Å². The number of aliphatic hydroxyl groups is 1. The van der Waals surface area contributed by atoms with E-state index in [1.165, 1.54) is 19.1 Å². The van der Waals surface area contributed by atoms with Crippen molar-refractivity contribution in [2.75, 3.05) is 26.2 Å². The Kier molecular flexibility index (Phi) is 6.04. The number of ketones is 1. The van der Waals surface area contributed by atoms with Gasteiger partial charge < -0.3 is 19.3 Å². The minimum Gasteiger partial charge on any atom is -0.507 e. The number of hydrogen-bond donors (Lipinski definition) is 1. The van der Waals surface area contributed by atoms with Gasteiger partial charge in [0.15, 0.2) is 11.5 Å². The van der Waals surface area contributed by atoms with Crippen molar-refractivity contribution in [2.24, 2.45) is 0 Å². The molecule has 0 aromatic heterocycles. The second kappa shape index (κ2) is 9.08. The molecule has 7 heteroatoms. The highest BCUT2D eigenvalue weighted by Gasteiger charge is 2.47. The average Bonchev–Trinajstić information content (AvgIpc) is 3.13. The minimum absolute atomic E-state index is 0.00534. The molecule has 3 aromatic carbocycles. The van der Waals surface area contributed by atoms with Gasteiger partial charge in [-0.1, -0.05) is 36.4 Å². The van der Waals surface area contributed by atoms with E-state index >= 15 is 0 Å². The fraction of sp³-hybridized carbons (Fsp3) is 0.154. The summed E-state index contributed by atoms with van der Waals surface area (Å²) in [5.41, 5.74) is 1.51. The molecular weight excluding hydrogens is 422 g/mol. The number of rotatable bonds is 6. The standard InChI is InChI=1S/C26H23NO6/c1-31-19-12-10-18(11-13-19)27-23(17-9-14-20(32-2)21(15-17)33-3)22(25(29)26(27)30)24(28)16-7-5-4-6-8-16/h4-15,23,28H,1-3H3. The minimum atomic E-state index is -0.876. The lowest BCUT2D eigenvalue weighted by Crippen LogP contribution is -2.29. The van der Waals surface area contributed by atoms with Crippen molar-refractivity contribution in [1.82, 2.24) is 0 Å². The van der Waals surface area contributed by atoms with E-state index in [0.29, 0.717) is 34.1 Å². The van der Waals surface area contributed by atoms with Crippen LogP contribution in [0.2, 0.25) is 0 Å². The lowest BCUT2D eigenvalue weighted by Gasteiger charge is -2.26. The van der Waals surface area contributed by atoms with Gasteiger partial charge in [-0.05, 0) is 42.0 Å². The fourth-order valence-electron chi connectivity index (χ4n) is 3.93. The number of hydrogen-bond acceptors (Lipinski definition) is 6. The first-order chi connectivity index (χ1) is 16.0. The van der Waals surface area contributed by atoms with Crippen molar-refractivity contribution in [2.45, 2.75) is 6.04 Å². The zero-order chi connectivity index (χ0) is 23.5. The Balaban J connectivity index is 1.94. The Morgan fingerprint density at radius 1 is 0.818 bits per heavy atom. The van der Waals surface area contributed by atoms with Crippen molar-refractivity contribution < 1.29 is 28.9 Å². The average molecular weight is 445 g/mol. The van der Waals surface area contributed by atoms with Crippen LogP contribution in [-0.4, -0.2) is 38.1 Å². The van der Waals surface area contributed by atoms with Gasteiger partial charge in [-0.25, -0.2) is 0 Å². The maximum Gasteiger partial charge on any atom is 0.300 e. The Labute approximate surface area is 191 Å². The first-order valence-electron chi connectivity index (χ1n) is 10.2. The molecule has 0 saturated carbocycles. The first kappa shape index (κ1) is 22.0. The van der Waals surface area contributed by atoms with Crippen LogP contribution in [0.3, 0.4) is 0 Å². The summed E-state index contributed by atoms with van der Waals surface area (Å²) in [6.07, 6.45) is 0. The van der Waals surface area contributed by atoms with Crippen LogP contribution in [0.25, 0.3) is 5.76 Å². The lowest BCUT2D eigenvalue weighted by atomic mass is 9.94. The molecule has 1 unspecified atom stereocenters. The van der Waals surface area contributed by atoms with E-state index in [4.69, 9.17) is 14.2 Å². The van der Waals surface area contributed by atoms with Gasteiger partial charge in [0.2, 0.25) is 0 Å². The maximum atomic E-state index is 13.2. The van der Waals surface area contributed by atoms with Crippen LogP contribution in [0.15, 0.2) is 78.4 Å². The third-order valence-corrected chi connectivity index (χ3v) is 5.57. The molecule has 1 amide bonds. The molecular formula is C26H23NO6. The van der Waals surface area contributed by atoms with Gasteiger partial charge in [-0.3, -0.25) is 14.5 Å². The second-order valence-corrected chi connectivity index (χ2v) is 7.35. The summed E-state index contributed by atoms with van der Waals surface area (Å²) < 4.78 is 16.0. The van der Waals surface area contributed by atoms with Gasteiger partial charge >= 0.3 is 0 Å². The summed E-state index contributed by atoms with van der Waals surface area (Å²) in [7, 11) is 4.58. The summed E-state index contributed by atoms with van der Waals surface area (Å²) in [6, 6.07) is 19.7. The summed E-state index contributed by atoms with van der Waals surface area (Å²) in [5, 5.41) is 11.1. The number of ether oxygens (including phenoxy) is 3. The summed E-state index contributed by atoms with van der Waals surface area (Å²) >= 11 is 0. The number of anilines is 1. The predicted octanol–water partition coefficient (Wildman–Crippen LogP) is 4.34. The molecule has 33 heavy (non-hydrogen) atoms. The maximum absolute atomic E-state index is 13.2. The highest BCUT2D eigenvalue weighted by Crippen LogP contribution is 2.44. The molecule has 3 aromatic rings. The van der Waals surface area contributed by atoms with Crippen LogP contribution >= 0.6 is 0 Å². The third-order valence-electron chi connectivity index (χ3n) is 5.57. The van der Waals surface area contributed by atoms with Crippen molar-refractivity contribution in [3.8, 4) is 17.2 Å².